The average Bonchev–Trinajstić information content (AvgIpc) is 2.62. The summed E-state index contributed by atoms with van der Waals surface area (Å²) >= 11 is 5.80. The van der Waals surface area contributed by atoms with Crippen molar-refractivity contribution in [2.45, 2.75) is 20.5 Å². The summed E-state index contributed by atoms with van der Waals surface area (Å²) < 4.78 is 5.88. The molecule has 1 aromatic heterocycles. The molecular formula is C21H18ClNO2. The molecule has 3 nitrogen and oxygen atoms in total. The number of benzene rings is 2. The Balaban J connectivity index is 1.86. The third-order valence-electron chi connectivity index (χ3n) is 3.88. The van der Waals surface area contributed by atoms with Crippen molar-refractivity contribution in [1.29, 1.82) is 0 Å². The van der Waals surface area contributed by atoms with Gasteiger partial charge < -0.3 is 4.74 Å². The van der Waals surface area contributed by atoms with Crippen LogP contribution in [0.1, 0.15) is 32.6 Å². The zero-order chi connectivity index (χ0) is 17.8. The van der Waals surface area contributed by atoms with E-state index in [-0.39, 0.29) is 5.78 Å². The van der Waals surface area contributed by atoms with E-state index in [1.807, 2.05) is 62.4 Å². The summed E-state index contributed by atoms with van der Waals surface area (Å²) in [6, 6.07) is 16.7. The highest BCUT2D eigenvalue weighted by molar-refractivity contribution is 6.29. The van der Waals surface area contributed by atoms with Crippen LogP contribution in [0.3, 0.4) is 0 Å². The minimum absolute atomic E-state index is 0.0482. The molecule has 0 amide bonds. The minimum Gasteiger partial charge on any atom is -0.488 e. The maximum absolute atomic E-state index is 12.9. The van der Waals surface area contributed by atoms with Crippen LogP contribution in [-0.4, -0.2) is 10.8 Å². The summed E-state index contributed by atoms with van der Waals surface area (Å²) in [4.78, 5) is 16.9. The Morgan fingerprint density at radius 1 is 1.00 bits per heavy atom. The smallest absolute Gasteiger partial charge is 0.196 e. The van der Waals surface area contributed by atoms with Gasteiger partial charge in [-0.15, -0.1) is 0 Å². The molecule has 0 aliphatic rings. The third-order valence-corrected chi connectivity index (χ3v) is 4.10. The molecule has 0 spiro atoms. The molecule has 1 heterocycles. The van der Waals surface area contributed by atoms with Crippen LogP contribution in [0.15, 0.2) is 60.8 Å². The van der Waals surface area contributed by atoms with Crippen LogP contribution >= 0.6 is 11.6 Å². The molecule has 0 N–H and O–H groups in total. The number of ketones is 1. The maximum Gasteiger partial charge on any atom is 0.196 e. The molecule has 0 radical (unpaired) electrons. The van der Waals surface area contributed by atoms with Gasteiger partial charge in [-0.3, -0.25) is 4.79 Å². The van der Waals surface area contributed by atoms with Gasteiger partial charge in [0.2, 0.25) is 0 Å². The van der Waals surface area contributed by atoms with E-state index in [4.69, 9.17) is 16.3 Å². The molecule has 3 aromatic rings. The fraction of sp³-hybridized carbons (Fsp3) is 0.143. The number of aromatic nitrogens is 1. The summed E-state index contributed by atoms with van der Waals surface area (Å²) in [5, 5.41) is 0.439. The summed E-state index contributed by atoms with van der Waals surface area (Å²) in [7, 11) is 0. The molecule has 25 heavy (non-hydrogen) atoms. The number of carbonyl (C=O) groups is 1. The van der Waals surface area contributed by atoms with Crippen LogP contribution in [0.2, 0.25) is 5.15 Å². The highest BCUT2D eigenvalue weighted by atomic mass is 35.5. The number of pyridine rings is 1. The van der Waals surface area contributed by atoms with Crippen molar-refractivity contribution in [1.82, 2.24) is 4.98 Å². The lowest BCUT2D eigenvalue weighted by Gasteiger charge is -2.12. The first kappa shape index (κ1) is 17.2. The van der Waals surface area contributed by atoms with Gasteiger partial charge in [0.1, 0.15) is 17.5 Å². The van der Waals surface area contributed by atoms with E-state index in [1.54, 1.807) is 12.3 Å². The summed E-state index contributed by atoms with van der Waals surface area (Å²) in [6.45, 7) is 4.27. The Bertz CT molecular complexity index is 887. The van der Waals surface area contributed by atoms with Gasteiger partial charge in [0.05, 0.1) is 5.56 Å². The monoisotopic (exact) mass is 351 g/mol. The third kappa shape index (κ3) is 4.25. The number of nitrogens with zero attached hydrogens (tertiary/aromatic N) is 1. The Morgan fingerprint density at radius 3 is 2.40 bits per heavy atom. The van der Waals surface area contributed by atoms with Crippen molar-refractivity contribution in [3.05, 3.63) is 93.8 Å². The number of rotatable bonds is 5. The first-order chi connectivity index (χ1) is 12.0. The number of ether oxygens (including phenoxy) is 1. The van der Waals surface area contributed by atoms with Gasteiger partial charge in [-0.25, -0.2) is 4.98 Å². The molecular weight excluding hydrogens is 334 g/mol. The molecule has 0 fully saturated rings. The second-order valence-corrected chi connectivity index (χ2v) is 6.36. The molecule has 0 atom stereocenters. The van der Waals surface area contributed by atoms with Gasteiger partial charge in [-0.2, -0.15) is 0 Å². The number of aryl methyl sites for hydroxylation is 2. The molecule has 126 valence electrons. The van der Waals surface area contributed by atoms with E-state index in [9.17, 15) is 4.79 Å². The van der Waals surface area contributed by atoms with Crippen LogP contribution in [0.5, 0.6) is 5.75 Å². The summed E-state index contributed by atoms with van der Waals surface area (Å²) in [5.41, 5.74) is 4.22. The largest absolute Gasteiger partial charge is 0.488 e. The molecule has 4 heteroatoms. The van der Waals surface area contributed by atoms with Crippen LogP contribution in [0.4, 0.5) is 0 Å². The van der Waals surface area contributed by atoms with E-state index in [2.05, 4.69) is 4.98 Å². The number of hydrogen-bond donors (Lipinski definition) is 0. The van der Waals surface area contributed by atoms with Crippen molar-refractivity contribution >= 4 is 17.4 Å². The molecule has 0 aliphatic heterocycles. The Morgan fingerprint density at radius 2 is 1.72 bits per heavy atom. The number of hydrogen-bond acceptors (Lipinski definition) is 3. The highest BCUT2D eigenvalue weighted by Gasteiger charge is 2.15. The minimum atomic E-state index is -0.0482. The van der Waals surface area contributed by atoms with Crippen molar-refractivity contribution in [2.75, 3.05) is 0 Å². The first-order valence-corrected chi connectivity index (χ1v) is 8.36. The number of carbonyl (C=O) groups excluding carboxylic acids is 1. The molecule has 0 aliphatic carbocycles. The first-order valence-electron chi connectivity index (χ1n) is 7.98. The predicted molar refractivity (Wildman–Crippen MR) is 99.4 cm³/mol. The fourth-order valence-electron chi connectivity index (χ4n) is 2.46. The lowest BCUT2D eigenvalue weighted by Crippen LogP contribution is -2.06. The Kier molecular flexibility index (Phi) is 5.15. The molecule has 2 aromatic carbocycles. The van der Waals surface area contributed by atoms with Crippen molar-refractivity contribution in [3.63, 3.8) is 0 Å². The van der Waals surface area contributed by atoms with Crippen molar-refractivity contribution < 1.29 is 9.53 Å². The highest BCUT2D eigenvalue weighted by Crippen LogP contribution is 2.24. The lowest BCUT2D eigenvalue weighted by atomic mass is 10.00. The van der Waals surface area contributed by atoms with Crippen molar-refractivity contribution in [3.8, 4) is 5.75 Å². The second-order valence-electron chi connectivity index (χ2n) is 5.97. The normalized spacial score (nSPS) is 10.5. The average molecular weight is 352 g/mol. The van der Waals surface area contributed by atoms with E-state index in [0.29, 0.717) is 28.6 Å². The van der Waals surface area contributed by atoms with E-state index in [0.717, 1.165) is 16.7 Å². The van der Waals surface area contributed by atoms with Gasteiger partial charge in [0.25, 0.3) is 0 Å². The van der Waals surface area contributed by atoms with Gasteiger partial charge in [0, 0.05) is 17.3 Å². The van der Waals surface area contributed by atoms with Gasteiger partial charge in [-0.05, 0) is 32.0 Å². The number of halogens is 1. The molecule has 0 saturated carbocycles. The summed E-state index contributed by atoms with van der Waals surface area (Å²) in [5.74, 6) is 0.513. The molecule has 0 saturated heterocycles. The van der Waals surface area contributed by atoms with Crippen molar-refractivity contribution in [2.24, 2.45) is 0 Å². The quantitative estimate of drug-likeness (QED) is 0.470. The van der Waals surface area contributed by atoms with Crippen LogP contribution < -0.4 is 4.74 Å². The van der Waals surface area contributed by atoms with E-state index < -0.39 is 0 Å². The Labute approximate surface area is 152 Å². The molecule has 3 rings (SSSR count). The SMILES string of the molecule is Cc1ccc(C(=O)c2cc(C)ccc2OCc2ccc(Cl)nc2)cc1. The standard InChI is InChI=1S/C21H18ClNO2/c1-14-3-7-17(8-4-14)21(24)18-11-15(2)5-9-19(18)25-13-16-6-10-20(22)23-12-16/h3-12H,13H2,1-2H3. The maximum atomic E-state index is 12.9. The molecule has 0 bridgehead atoms. The zero-order valence-corrected chi connectivity index (χ0v) is 14.9. The fourth-order valence-corrected chi connectivity index (χ4v) is 2.57. The Hall–Kier alpha value is -2.65. The summed E-state index contributed by atoms with van der Waals surface area (Å²) in [6.07, 6.45) is 1.66. The van der Waals surface area contributed by atoms with Crippen LogP contribution in [0.25, 0.3) is 0 Å². The van der Waals surface area contributed by atoms with Crippen LogP contribution in [-0.2, 0) is 6.61 Å². The van der Waals surface area contributed by atoms with Gasteiger partial charge >= 0.3 is 0 Å². The lowest BCUT2D eigenvalue weighted by molar-refractivity contribution is 0.103. The zero-order valence-electron chi connectivity index (χ0n) is 14.1. The molecule has 0 unspecified atom stereocenters. The topological polar surface area (TPSA) is 39.2 Å². The van der Waals surface area contributed by atoms with E-state index in [1.165, 1.54) is 0 Å². The second kappa shape index (κ2) is 7.49. The van der Waals surface area contributed by atoms with E-state index >= 15 is 0 Å². The van der Waals surface area contributed by atoms with Gasteiger partial charge in [0.15, 0.2) is 5.78 Å². The predicted octanol–water partition coefficient (Wildman–Crippen LogP) is 5.16. The van der Waals surface area contributed by atoms with Crippen LogP contribution in [0, 0.1) is 13.8 Å². The van der Waals surface area contributed by atoms with Gasteiger partial charge in [-0.1, -0.05) is 59.1 Å².